The van der Waals surface area contributed by atoms with E-state index >= 15 is 0 Å². The van der Waals surface area contributed by atoms with Crippen molar-refractivity contribution in [2.45, 2.75) is 6.04 Å². The van der Waals surface area contributed by atoms with Crippen LogP contribution in [0.2, 0.25) is 0 Å². The van der Waals surface area contributed by atoms with Crippen LogP contribution < -0.4 is 4.72 Å². The van der Waals surface area contributed by atoms with Crippen LogP contribution >= 0.6 is 15.9 Å². The number of hydrogen-bond acceptors (Lipinski definition) is 3. The third-order valence-corrected chi connectivity index (χ3v) is 3.28. The summed E-state index contributed by atoms with van der Waals surface area (Å²) in [6, 6.07) is 16.8. The molecule has 2 atom stereocenters. The van der Waals surface area contributed by atoms with E-state index in [9.17, 15) is 13.6 Å². The predicted octanol–water partition coefficient (Wildman–Crippen LogP) is 2.65. The molecule has 0 radical (unpaired) electrons. The van der Waals surface area contributed by atoms with Gasteiger partial charge in [0.25, 0.3) is 0 Å². The number of hydrogen-bond donors (Lipinski definition) is 2. The van der Waals surface area contributed by atoms with E-state index in [1.54, 1.807) is 30.3 Å². The molecule has 2 rings (SSSR count). The van der Waals surface area contributed by atoms with Gasteiger partial charge in [-0.3, -0.25) is 9.00 Å². The topological polar surface area (TPSA) is 89.5 Å². The van der Waals surface area contributed by atoms with Gasteiger partial charge >= 0.3 is 5.97 Å². The molecule has 7 heteroatoms. The minimum atomic E-state index is -2.60. The summed E-state index contributed by atoms with van der Waals surface area (Å²) in [6.45, 7) is 0. The van der Waals surface area contributed by atoms with Gasteiger partial charge in [0.1, 0.15) is 6.04 Å². The monoisotopic (exact) mass is 370 g/mol. The van der Waals surface area contributed by atoms with Crippen molar-refractivity contribution in [1.29, 1.82) is 0 Å². The molecule has 0 bridgehead atoms. The number of halogens is 1. The van der Waals surface area contributed by atoms with E-state index in [-0.39, 0.29) is 0 Å². The number of benzene rings is 2. The minimum Gasteiger partial charge on any atom is -0.760 e. The highest BCUT2D eigenvalue weighted by Gasteiger charge is 2.18. The van der Waals surface area contributed by atoms with Crippen molar-refractivity contribution in [3.63, 3.8) is 0 Å². The fraction of sp³-hybridized carbons (Fsp3) is 0.0714. The second-order valence-electron chi connectivity index (χ2n) is 3.83. The molecule has 21 heavy (non-hydrogen) atoms. The van der Waals surface area contributed by atoms with E-state index in [1.807, 2.05) is 35.1 Å². The molecule has 0 aliphatic heterocycles. The highest BCUT2D eigenvalue weighted by molar-refractivity contribution is 9.10. The third-order valence-electron chi connectivity index (χ3n) is 2.33. The Kier molecular flexibility index (Phi) is 7.84. The number of carboxylic acids is 1. The summed E-state index contributed by atoms with van der Waals surface area (Å²) >= 11 is 0.714. The zero-order valence-corrected chi connectivity index (χ0v) is 13.2. The van der Waals surface area contributed by atoms with E-state index in [2.05, 4.69) is 15.9 Å². The first-order chi connectivity index (χ1) is 10.0. The van der Waals surface area contributed by atoms with Crippen LogP contribution in [-0.4, -0.2) is 19.8 Å². The SMILES string of the molecule is Brc1ccccc1.O=C(O)C(NS(=O)[O-])c1ccccc1. The van der Waals surface area contributed by atoms with Crippen molar-refractivity contribution >= 4 is 33.2 Å². The number of carbonyl (C=O) groups is 1. The van der Waals surface area contributed by atoms with E-state index in [1.165, 1.54) is 0 Å². The molecule has 0 spiro atoms. The number of carboxylic acid groups (broad SMARTS) is 1. The molecule has 2 aromatic carbocycles. The number of nitrogens with one attached hydrogen (secondary N) is 1. The van der Waals surface area contributed by atoms with Crippen molar-refractivity contribution in [3.8, 4) is 0 Å². The van der Waals surface area contributed by atoms with Crippen LogP contribution in [0.25, 0.3) is 0 Å². The van der Waals surface area contributed by atoms with Crippen molar-refractivity contribution in [2.75, 3.05) is 0 Å². The largest absolute Gasteiger partial charge is 0.760 e. The van der Waals surface area contributed by atoms with Gasteiger partial charge in [-0.05, 0) is 17.7 Å². The minimum absolute atomic E-state index is 0.393. The smallest absolute Gasteiger partial charge is 0.326 e. The van der Waals surface area contributed by atoms with E-state index in [0.717, 1.165) is 4.47 Å². The normalized spacial score (nSPS) is 12.7. The molecule has 0 aromatic heterocycles. The first kappa shape index (κ1) is 17.5. The van der Waals surface area contributed by atoms with Crippen LogP contribution in [0, 0.1) is 0 Å². The first-order valence-electron chi connectivity index (χ1n) is 5.84. The number of aliphatic carboxylic acids is 1. The summed E-state index contributed by atoms with van der Waals surface area (Å²) in [5.74, 6) is -1.24. The molecule has 2 unspecified atom stereocenters. The van der Waals surface area contributed by atoms with E-state index in [0.29, 0.717) is 5.56 Å². The Balaban J connectivity index is 0.000000262. The molecule has 0 fully saturated rings. The maximum atomic E-state index is 10.7. The van der Waals surface area contributed by atoms with Crippen molar-refractivity contribution in [1.82, 2.24) is 4.72 Å². The molecule has 0 saturated heterocycles. The summed E-state index contributed by atoms with van der Waals surface area (Å²) in [7, 11) is 0. The zero-order chi connectivity index (χ0) is 15.7. The molecule has 0 heterocycles. The average Bonchev–Trinajstić information content (AvgIpc) is 2.47. The maximum absolute atomic E-state index is 10.7. The van der Waals surface area contributed by atoms with Crippen LogP contribution in [0.5, 0.6) is 0 Å². The average molecular weight is 371 g/mol. The molecule has 112 valence electrons. The highest BCUT2D eigenvalue weighted by atomic mass is 79.9. The fourth-order valence-corrected chi connectivity index (χ4v) is 2.15. The van der Waals surface area contributed by atoms with Crippen LogP contribution in [-0.2, 0) is 16.1 Å². The summed E-state index contributed by atoms with van der Waals surface area (Å²) in [4.78, 5) is 10.7. The third kappa shape index (κ3) is 7.14. The van der Waals surface area contributed by atoms with Gasteiger partial charge < -0.3 is 9.66 Å². The van der Waals surface area contributed by atoms with Crippen LogP contribution in [0.15, 0.2) is 65.1 Å². The summed E-state index contributed by atoms with van der Waals surface area (Å²) in [5, 5.41) is 8.74. The van der Waals surface area contributed by atoms with Crippen LogP contribution in [0.4, 0.5) is 0 Å². The molecule has 0 aliphatic rings. The molecule has 0 aliphatic carbocycles. The Morgan fingerprint density at radius 3 is 1.90 bits per heavy atom. The molecular formula is C14H13BrNO4S-. The standard InChI is InChI=1S/C8H9NO4S.C6H5Br/c10-8(11)7(9-14(12)13)6-4-2-1-3-5-6;7-6-4-2-1-3-5-6/h1-5,7,9H,(H,10,11)(H,12,13);1-5H/p-1. The lowest BCUT2D eigenvalue weighted by Crippen LogP contribution is -2.29. The summed E-state index contributed by atoms with van der Waals surface area (Å²) in [5.41, 5.74) is 0.393. The van der Waals surface area contributed by atoms with Crippen molar-refractivity contribution < 1.29 is 18.7 Å². The lowest BCUT2D eigenvalue weighted by atomic mass is 10.1. The van der Waals surface area contributed by atoms with Crippen LogP contribution in [0.3, 0.4) is 0 Å². The quantitative estimate of drug-likeness (QED) is 0.809. The van der Waals surface area contributed by atoms with Gasteiger partial charge in [0, 0.05) is 15.7 Å². The van der Waals surface area contributed by atoms with Gasteiger partial charge in [-0.1, -0.05) is 64.5 Å². The molecule has 2 aromatic rings. The second kappa shape index (κ2) is 9.41. The van der Waals surface area contributed by atoms with Gasteiger partial charge in [0.2, 0.25) is 0 Å². The number of rotatable bonds is 4. The Labute approximate surface area is 133 Å². The summed E-state index contributed by atoms with van der Waals surface area (Å²) in [6.07, 6.45) is 0. The van der Waals surface area contributed by atoms with Crippen LogP contribution in [0.1, 0.15) is 11.6 Å². The zero-order valence-electron chi connectivity index (χ0n) is 10.8. The maximum Gasteiger partial charge on any atom is 0.326 e. The Hall–Kier alpha value is -1.54. The van der Waals surface area contributed by atoms with Crippen molar-refractivity contribution in [2.24, 2.45) is 0 Å². The Morgan fingerprint density at radius 1 is 1.10 bits per heavy atom. The Bertz CT molecular complexity index is 580. The van der Waals surface area contributed by atoms with Gasteiger partial charge in [0.15, 0.2) is 0 Å². The first-order valence-corrected chi connectivity index (χ1v) is 7.71. The fourth-order valence-electron chi connectivity index (χ4n) is 1.42. The predicted molar refractivity (Wildman–Crippen MR) is 83.0 cm³/mol. The van der Waals surface area contributed by atoms with Gasteiger partial charge in [-0.2, -0.15) is 0 Å². The van der Waals surface area contributed by atoms with Gasteiger partial charge in [0.05, 0.1) is 0 Å². The molecule has 0 amide bonds. The highest BCUT2D eigenvalue weighted by Crippen LogP contribution is 2.12. The van der Waals surface area contributed by atoms with Gasteiger partial charge in [-0.15, -0.1) is 0 Å². The lowest BCUT2D eigenvalue weighted by molar-refractivity contribution is -0.139. The molecule has 2 N–H and O–H groups in total. The lowest BCUT2D eigenvalue weighted by Gasteiger charge is -2.15. The molecular weight excluding hydrogens is 358 g/mol. The molecule has 5 nitrogen and oxygen atoms in total. The molecule has 0 saturated carbocycles. The Morgan fingerprint density at radius 2 is 1.57 bits per heavy atom. The summed E-state index contributed by atoms with van der Waals surface area (Å²) < 4.78 is 23.7. The van der Waals surface area contributed by atoms with E-state index < -0.39 is 23.3 Å². The second-order valence-corrected chi connectivity index (χ2v) is 5.45. The van der Waals surface area contributed by atoms with Crippen molar-refractivity contribution in [3.05, 3.63) is 70.7 Å². The van der Waals surface area contributed by atoms with E-state index in [4.69, 9.17) is 5.11 Å². The van der Waals surface area contributed by atoms with Gasteiger partial charge in [-0.25, -0.2) is 4.72 Å².